The first-order valence-electron chi connectivity index (χ1n) is 9.26. The molecule has 1 atom stereocenters. The number of carbonyl (C=O) groups excluding carboxylic acids is 1. The van der Waals surface area contributed by atoms with E-state index in [0.29, 0.717) is 0 Å². The largest absolute Gasteiger partial charge is 0.461 e. The van der Waals surface area contributed by atoms with E-state index in [4.69, 9.17) is 28.0 Å². The molecule has 1 aliphatic heterocycles. The van der Waals surface area contributed by atoms with Crippen LogP contribution < -0.4 is 0 Å². The van der Waals surface area contributed by atoms with E-state index in [0.717, 1.165) is 24.3 Å². The summed E-state index contributed by atoms with van der Waals surface area (Å²) < 4.78 is 75.4. The second kappa shape index (κ2) is 8.51. The van der Waals surface area contributed by atoms with Crippen molar-refractivity contribution in [2.45, 2.75) is 38.0 Å². The van der Waals surface area contributed by atoms with Crippen molar-refractivity contribution in [1.82, 2.24) is 0 Å². The van der Waals surface area contributed by atoms with Crippen molar-refractivity contribution in [2.75, 3.05) is 6.61 Å². The normalized spacial score (nSPS) is 18.8. The first kappa shape index (κ1) is 24.3. The number of oxime groups is 1. The van der Waals surface area contributed by atoms with Gasteiger partial charge in [0.15, 0.2) is 0 Å². The number of hydrogen-bond donors (Lipinski definition) is 0. The average molecular weight is 496 g/mol. The Kier molecular flexibility index (Phi) is 6.45. The third-order valence-electron chi connectivity index (χ3n) is 4.94. The van der Waals surface area contributed by atoms with Crippen molar-refractivity contribution in [3.63, 3.8) is 0 Å². The molecule has 2 aromatic carbocycles. The molecule has 0 fully saturated rings. The average Bonchev–Trinajstić information content (AvgIpc) is 3.14. The maximum atomic E-state index is 14.4. The van der Waals surface area contributed by atoms with Crippen molar-refractivity contribution in [1.29, 1.82) is 0 Å². The van der Waals surface area contributed by atoms with Crippen LogP contribution in [0.15, 0.2) is 41.6 Å². The lowest BCUT2D eigenvalue weighted by Crippen LogP contribution is -2.42. The Hall–Kier alpha value is -2.39. The van der Waals surface area contributed by atoms with Crippen molar-refractivity contribution in [3.05, 3.63) is 68.7 Å². The number of rotatable bonds is 5. The highest BCUT2D eigenvalue weighted by Crippen LogP contribution is 2.49. The molecular formula is C21H16Cl2F5NO3. The lowest BCUT2D eigenvalue weighted by Gasteiger charge is -2.29. The molecule has 0 aliphatic carbocycles. The summed E-state index contributed by atoms with van der Waals surface area (Å²) in [5.41, 5.74) is -3.83. The number of ether oxygens (including phenoxy) is 1. The number of benzene rings is 2. The molecule has 0 radical (unpaired) electrons. The van der Waals surface area contributed by atoms with Crippen LogP contribution in [0.4, 0.5) is 22.0 Å². The third-order valence-corrected chi connectivity index (χ3v) is 5.38. The molecule has 1 aliphatic rings. The van der Waals surface area contributed by atoms with Gasteiger partial charge in [-0.25, -0.2) is 4.79 Å². The summed E-state index contributed by atoms with van der Waals surface area (Å²) in [5, 5.41) is 3.55. The van der Waals surface area contributed by atoms with E-state index in [1.165, 1.54) is 26.0 Å². The second-order valence-corrected chi connectivity index (χ2v) is 7.99. The number of alkyl halides is 5. The Morgan fingerprint density at radius 3 is 2.28 bits per heavy atom. The monoisotopic (exact) mass is 495 g/mol. The van der Waals surface area contributed by atoms with Crippen LogP contribution in [0.25, 0.3) is 0 Å². The minimum absolute atomic E-state index is 0.0189. The van der Waals surface area contributed by atoms with Crippen LogP contribution in [0, 0.1) is 6.92 Å². The highest BCUT2D eigenvalue weighted by atomic mass is 35.5. The lowest BCUT2D eigenvalue weighted by atomic mass is 9.86. The van der Waals surface area contributed by atoms with Crippen LogP contribution in [0.2, 0.25) is 10.0 Å². The van der Waals surface area contributed by atoms with Crippen molar-refractivity contribution >= 4 is 34.9 Å². The van der Waals surface area contributed by atoms with E-state index in [1.807, 2.05) is 0 Å². The summed E-state index contributed by atoms with van der Waals surface area (Å²) in [4.78, 5) is 16.5. The topological polar surface area (TPSA) is 47.9 Å². The van der Waals surface area contributed by atoms with Gasteiger partial charge in [0.05, 0.1) is 12.3 Å². The quantitative estimate of drug-likeness (QED) is 0.349. The molecule has 0 saturated heterocycles. The van der Waals surface area contributed by atoms with Crippen molar-refractivity contribution in [2.24, 2.45) is 5.16 Å². The minimum atomic E-state index is -4.89. The van der Waals surface area contributed by atoms with Gasteiger partial charge in [0.25, 0.3) is 5.60 Å². The SMILES string of the molecule is CCOC(=O)C(F)(F)c1ccc(C2=NOC(c3cc(Cl)cc(Cl)c3)(C(F)(F)F)C2)cc1C. The first-order chi connectivity index (χ1) is 14.8. The predicted octanol–water partition coefficient (Wildman–Crippen LogP) is 6.54. The number of halogens is 7. The molecule has 172 valence electrons. The van der Waals surface area contributed by atoms with Crippen LogP contribution in [-0.2, 0) is 25.9 Å². The standard InChI is InChI=1S/C21H16Cl2F5NO3/c1-3-31-18(30)20(24,25)16-5-4-12(6-11(16)2)17-10-19(32-29-17,21(26,27)28)13-7-14(22)9-15(23)8-13/h4-9H,3,10H2,1-2H3. The van der Waals surface area contributed by atoms with Gasteiger partial charge in [-0.2, -0.15) is 22.0 Å². The molecule has 0 N–H and O–H groups in total. The molecule has 2 aromatic rings. The van der Waals surface area contributed by atoms with E-state index in [-0.39, 0.29) is 39.1 Å². The maximum absolute atomic E-state index is 14.4. The fourth-order valence-electron chi connectivity index (χ4n) is 3.37. The number of nitrogens with zero attached hydrogens (tertiary/aromatic N) is 1. The Morgan fingerprint density at radius 1 is 1.12 bits per heavy atom. The highest BCUT2D eigenvalue weighted by Gasteiger charge is 2.62. The van der Waals surface area contributed by atoms with Gasteiger partial charge in [0.1, 0.15) is 0 Å². The Morgan fingerprint density at radius 2 is 1.75 bits per heavy atom. The molecule has 0 bridgehead atoms. The molecule has 1 unspecified atom stereocenters. The van der Waals surface area contributed by atoms with Gasteiger partial charge >= 0.3 is 18.1 Å². The summed E-state index contributed by atoms with van der Waals surface area (Å²) in [6.07, 6.45) is -5.63. The smallest absolute Gasteiger partial charge is 0.435 e. The number of esters is 1. The summed E-state index contributed by atoms with van der Waals surface area (Å²) in [7, 11) is 0. The fourth-order valence-corrected chi connectivity index (χ4v) is 3.90. The molecular weight excluding hydrogens is 480 g/mol. The first-order valence-corrected chi connectivity index (χ1v) is 10.0. The summed E-state index contributed by atoms with van der Waals surface area (Å²) >= 11 is 11.7. The molecule has 0 saturated carbocycles. The van der Waals surface area contributed by atoms with E-state index in [2.05, 4.69) is 9.89 Å². The van der Waals surface area contributed by atoms with Crippen LogP contribution >= 0.6 is 23.2 Å². The minimum Gasteiger partial charge on any atom is -0.461 e. The molecule has 3 rings (SSSR count). The highest BCUT2D eigenvalue weighted by molar-refractivity contribution is 6.34. The maximum Gasteiger partial charge on any atom is 0.435 e. The molecule has 11 heteroatoms. The number of hydrogen-bond acceptors (Lipinski definition) is 4. The van der Waals surface area contributed by atoms with Gasteiger partial charge in [0, 0.05) is 27.6 Å². The Balaban J connectivity index is 1.97. The third kappa shape index (κ3) is 4.28. The van der Waals surface area contributed by atoms with Crippen LogP contribution in [0.5, 0.6) is 0 Å². The zero-order chi connectivity index (χ0) is 23.9. The summed E-state index contributed by atoms with van der Waals surface area (Å²) in [6.45, 7) is 2.46. The van der Waals surface area contributed by atoms with Gasteiger partial charge in [0.2, 0.25) is 0 Å². The van der Waals surface area contributed by atoms with E-state index < -0.39 is 35.7 Å². The molecule has 32 heavy (non-hydrogen) atoms. The molecule has 4 nitrogen and oxygen atoms in total. The number of carbonyl (C=O) groups is 1. The van der Waals surface area contributed by atoms with Crippen LogP contribution in [-0.4, -0.2) is 24.5 Å². The molecule has 0 spiro atoms. The number of aryl methyl sites for hydroxylation is 1. The van der Waals surface area contributed by atoms with Crippen LogP contribution in [0.1, 0.15) is 35.6 Å². The molecule has 0 amide bonds. The van der Waals surface area contributed by atoms with Crippen LogP contribution in [0.3, 0.4) is 0 Å². The van der Waals surface area contributed by atoms with E-state index in [9.17, 15) is 26.7 Å². The van der Waals surface area contributed by atoms with E-state index in [1.54, 1.807) is 0 Å². The van der Waals surface area contributed by atoms with Crippen molar-refractivity contribution < 1.29 is 36.3 Å². The summed E-state index contributed by atoms with van der Waals surface area (Å²) in [6, 6.07) is 6.74. The zero-order valence-corrected chi connectivity index (χ0v) is 18.2. The van der Waals surface area contributed by atoms with Gasteiger partial charge in [-0.05, 0) is 49.2 Å². The second-order valence-electron chi connectivity index (χ2n) is 7.11. The fraction of sp³-hybridized carbons (Fsp3) is 0.333. The van der Waals surface area contributed by atoms with E-state index >= 15 is 0 Å². The molecule has 0 aromatic heterocycles. The lowest BCUT2D eigenvalue weighted by molar-refractivity contribution is -0.275. The van der Waals surface area contributed by atoms with Gasteiger partial charge < -0.3 is 9.57 Å². The molecule has 1 heterocycles. The Bertz CT molecular complexity index is 1070. The van der Waals surface area contributed by atoms with Gasteiger partial charge in [-0.3, -0.25) is 0 Å². The van der Waals surface area contributed by atoms with Gasteiger partial charge in [-0.15, -0.1) is 0 Å². The predicted molar refractivity (Wildman–Crippen MR) is 108 cm³/mol. The summed E-state index contributed by atoms with van der Waals surface area (Å²) in [5.74, 6) is -5.63. The Labute approximate surface area is 189 Å². The van der Waals surface area contributed by atoms with Gasteiger partial charge in [-0.1, -0.05) is 40.5 Å². The van der Waals surface area contributed by atoms with Crippen molar-refractivity contribution in [3.8, 4) is 0 Å². The zero-order valence-electron chi connectivity index (χ0n) is 16.7.